The third-order valence-electron chi connectivity index (χ3n) is 2.68. The van der Waals surface area contributed by atoms with E-state index in [1.54, 1.807) is 7.11 Å². The summed E-state index contributed by atoms with van der Waals surface area (Å²) >= 11 is 0. The molecule has 0 spiro atoms. The van der Waals surface area contributed by atoms with Crippen molar-refractivity contribution in [3.8, 4) is 5.75 Å². The van der Waals surface area contributed by atoms with Crippen LogP contribution in [0.1, 0.15) is 11.1 Å². The summed E-state index contributed by atoms with van der Waals surface area (Å²) in [5, 5.41) is 3.36. The van der Waals surface area contributed by atoms with Gasteiger partial charge in [-0.3, -0.25) is 0 Å². The van der Waals surface area contributed by atoms with Crippen LogP contribution in [0.3, 0.4) is 0 Å². The Morgan fingerprint density at radius 1 is 1.06 bits per heavy atom. The number of nitrogens with one attached hydrogen (secondary N) is 1. The highest BCUT2D eigenvalue weighted by Crippen LogP contribution is 2.20. The Kier molecular flexibility index (Phi) is 3.66. The maximum atomic E-state index is 5.31. The zero-order valence-corrected chi connectivity index (χ0v) is 9.94. The van der Waals surface area contributed by atoms with Crippen molar-refractivity contribution in [3.05, 3.63) is 66.6 Å². The van der Waals surface area contributed by atoms with Gasteiger partial charge in [-0.05, 0) is 24.6 Å². The third-order valence-corrected chi connectivity index (χ3v) is 2.68. The highest BCUT2D eigenvalue weighted by Gasteiger charge is 2.02. The Morgan fingerprint density at radius 3 is 2.53 bits per heavy atom. The summed E-state index contributed by atoms with van der Waals surface area (Å²) in [4.78, 5) is 0. The van der Waals surface area contributed by atoms with Gasteiger partial charge >= 0.3 is 0 Å². The van der Waals surface area contributed by atoms with E-state index >= 15 is 0 Å². The van der Waals surface area contributed by atoms with Crippen molar-refractivity contribution in [2.24, 2.45) is 0 Å². The zero-order chi connectivity index (χ0) is 12.1. The molecule has 1 radical (unpaired) electrons. The van der Waals surface area contributed by atoms with E-state index in [2.05, 4.69) is 18.3 Å². The van der Waals surface area contributed by atoms with Crippen LogP contribution < -0.4 is 10.1 Å². The van der Waals surface area contributed by atoms with Gasteiger partial charge in [0, 0.05) is 17.8 Å². The quantitative estimate of drug-likeness (QED) is 0.861. The van der Waals surface area contributed by atoms with Crippen LogP contribution in [0.5, 0.6) is 5.75 Å². The van der Waals surface area contributed by atoms with Gasteiger partial charge in [-0.15, -0.1) is 0 Å². The van der Waals surface area contributed by atoms with Crippen molar-refractivity contribution in [1.82, 2.24) is 0 Å². The van der Waals surface area contributed by atoms with E-state index in [4.69, 9.17) is 4.74 Å². The maximum absolute atomic E-state index is 5.31. The van der Waals surface area contributed by atoms with Crippen LogP contribution in [-0.4, -0.2) is 7.11 Å². The molecule has 0 saturated heterocycles. The van der Waals surface area contributed by atoms with E-state index in [1.807, 2.05) is 42.5 Å². The molecule has 2 rings (SSSR count). The average molecular weight is 226 g/mol. The number of ether oxygens (including phenoxy) is 1. The van der Waals surface area contributed by atoms with Crippen molar-refractivity contribution < 1.29 is 4.74 Å². The molecule has 0 aliphatic carbocycles. The SMILES string of the molecule is [CH2]c1ccccc1NCc1ccccc1OC. The minimum absolute atomic E-state index is 0.733. The van der Waals surface area contributed by atoms with Crippen LogP contribution >= 0.6 is 0 Å². The van der Waals surface area contributed by atoms with Crippen LogP contribution in [0, 0.1) is 6.92 Å². The molecule has 2 nitrogen and oxygen atoms in total. The van der Waals surface area contributed by atoms with Crippen LogP contribution in [-0.2, 0) is 6.54 Å². The summed E-state index contributed by atoms with van der Waals surface area (Å²) < 4.78 is 5.31. The molecular formula is C15H16NO. The van der Waals surface area contributed by atoms with Crippen molar-refractivity contribution in [1.29, 1.82) is 0 Å². The smallest absolute Gasteiger partial charge is 0.123 e. The molecule has 17 heavy (non-hydrogen) atoms. The van der Waals surface area contributed by atoms with Crippen molar-refractivity contribution in [2.75, 3.05) is 12.4 Å². The lowest BCUT2D eigenvalue weighted by Crippen LogP contribution is -2.02. The fourth-order valence-electron chi connectivity index (χ4n) is 1.73. The third kappa shape index (κ3) is 2.78. The molecule has 1 N–H and O–H groups in total. The van der Waals surface area contributed by atoms with Gasteiger partial charge in [-0.2, -0.15) is 0 Å². The topological polar surface area (TPSA) is 21.3 Å². The van der Waals surface area contributed by atoms with Gasteiger partial charge in [-0.25, -0.2) is 0 Å². The second kappa shape index (κ2) is 5.39. The summed E-state index contributed by atoms with van der Waals surface area (Å²) in [5.41, 5.74) is 3.19. The molecule has 2 heteroatoms. The number of para-hydroxylation sites is 2. The van der Waals surface area contributed by atoms with Gasteiger partial charge in [0.2, 0.25) is 0 Å². The molecule has 0 amide bonds. The first-order valence-corrected chi connectivity index (χ1v) is 5.58. The van der Waals surface area contributed by atoms with E-state index in [0.717, 1.165) is 29.1 Å². The van der Waals surface area contributed by atoms with Gasteiger partial charge in [0.1, 0.15) is 5.75 Å². The van der Waals surface area contributed by atoms with Crippen LogP contribution in [0.2, 0.25) is 0 Å². The number of methoxy groups -OCH3 is 1. The highest BCUT2D eigenvalue weighted by molar-refractivity contribution is 5.53. The molecule has 0 bridgehead atoms. The Labute approximate surface area is 102 Å². The average Bonchev–Trinajstić information content (AvgIpc) is 2.38. The van der Waals surface area contributed by atoms with Crippen molar-refractivity contribution in [3.63, 3.8) is 0 Å². The summed E-state index contributed by atoms with van der Waals surface area (Å²) in [6.45, 7) is 4.71. The van der Waals surface area contributed by atoms with Gasteiger partial charge in [-0.1, -0.05) is 36.4 Å². The number of hydrogen-bond acceptors (Lipinski definition) is 2. The summed E-state index contributed by atoms with van der Waals surface area (Å²) in [6.07, 6.45) is 0. The predicted octanol–water partition coefficient (Wildman–Crippen LogP) is 3.49. The molecule has 87 valence electrons. The van der Waals surface area contributed by atoms with Crippen LogP contribution in [0.25, 0.3) is 0 Å². The van der Waals surface area contributed by atoms with Gasteiger partial charge in [0.15, 0.2) is 0 Å². The minimum atomic E-state index is 0.733. The lowest BCUT2D eigenvalue weighted by molar-refractivity contribution is 0.410. The van der Waals surface area contributed by atoms with Crippen LogP contribution in [0.4, 0.5) is 5.69 Å². The van der Waals surface area contributed by atoms with E-state index in [0.29, 0.717) is 0 Å². The fraction of sp³-hybridized carbons (Fsp3) is 0.133. The molecule has 0 fully saturated rings. The Balaban J connectivity index is 2.10. The molecule has 0 atom stereocenters. The lowest BCUT2D eigenvalue weighted by Gasteiger charge is -2.11. The molecule has 0 aliphatic heterocycles. The molecule has 2 aromatic carbocycles. The second-order valence-corrected chi connectivity index (χ2v) is 3.82. The van der Waals surface area contributed by atoms with E-state index in [-0.39, 0.29) is 0 Å². The number of anilines is 1. The monoisotopic (exact) mass is 226 g/mol. The molecule has 0 aliphatic rings. The molecular weight excluding hydrogens is 210 g/mol. The predicted molar refractivity (Wildman–Crippen MR) is 71.2 cm³/mol. The molecule has 0 unspecified atom stereocenters. The van der Waals surface area contributed by atoms with E-state index < -0.39 is 0 Å². The van der Waals surface area contributed by atoms with Gasteiger partial charge < -0.3 is 10.1 Å². The van der Waals surface area contributed by atoms with Gasteiger partial charge in [0.25, 0.3) is 0 Å². The summed E-state index contributed by atoms with van der Waals surface area (Å²) in [5.74, 6) is 0.904. The Bertz CT molecular complexity index is 494. The first-order valence-electron chi connectivity index (χ1n) is 5.58. The number of hydrogen-bond donors (Lipinski definition) is 1. The molecule has 2 aromatic rings. The second-order valence-electron chi connectivity index (χ2n) is 3.82. The Morgan fingerprint density at radius 2 is 1.76 bits per heavy atom. The largest absolute Gasteiger partial charge is 0.496 e. The number of rotatable bonds is 4. The van der Waals surface area contributed by atoms with Crippen molar-refractivity contribution >= 4 is 5.69 Å². The number of benzene rings is 2. The van der Waals surface area contributed by atoms with E-state index in [9.17, 15) is 0 Å². The zero-order valence-electron chi connectivity index (χ0n) is 9.94. The van der Waals surface area contributed by atoms with Gasteiger partial charge in [0.05, 0.1) is 7.11 Å². The molecule has 0 aromatic heterocycles. The van der Waals surface area contributed by atoms with E-state index in [1.165, 1.54) is 0 Å². The van der Waals surface area contributed by atoms with Crippen LogP contribution in [0.15, 0.2) is 48.5 Å². The van der Waals surface area contributed by atoms with Crippen molar-refractivity contribution in [2.45, 2.75) is 6.54 Å². The Hall–Kier alpha value is -1.96. The molecule has 0 heterocycles. The summed E-state index contributed by atoms with van der Waals surface area (Å²) in [6, 6.07) is 16.0. The lowest BCUT2D eigenvalue weighted by atomic mass is 10.1. The summed E-state index contributed by atoms with van der Waals surface area (Å²) in [7, 11) is 1.69. The maximum Gasteiger partial charge on any atom is 0.123 e. The molecule has 0 saturated carbocycles. The first-order chi connectivity index (χ1) is 8.31. The highest BCUT2D eigenvalue weighted by atomic mass is 16.5. The first kappa shape index (κ1) is 11.5. The fourth-order valence-corrected chi connectivity index (χ4v) is 1.73. The minimum Gasteiger partial charge on any atom is -0.496 e. The standard InChI is InChI=1S/C15H16NO/c1-12-7-3-5-9-14(12)16-11-13-8-4-6-10-15(13)17-2/h3-10,16H,1,11H2,2H3. The normalized spacial score (nSPS) is 10.0.